The number of sulfone groups is 1. The van der Waals surface area contributed by atoms with Crippen molar-refractivity contribution in [2.45, 2.75) is 67.7 Å². The van der Waals surface area contributed by atoms with E-state index in [-0.39, 0.29) is 40.4 Å². The second-order valence-corrected chi connectivity index (χ2v) is 13.9. The van der Waals surface area contributed by atoms with Crippen LogP contribution in [0.15, 0.2) is 66.1 Å². The van der Waals surface area contributed by atoms with Crippen molar-refractivity contribution in [1.82, 2.24) is 39.7 Å². The summed E-state index contributed by atoms with van der Waals surface area (Å²) in [5.41, 5.74) is 10.9. The average Bonchev–Trinajstić information content (AvgIpc) is 3.76. The molecule has 12 nitrogen and oxygen atoms in total. The van der Waals surface area contributed by atoms with Crippen molar-refractivity contribution < 1.29 is 13.2 Å². The molecule has 5 aromatic rings. The molecule has 0 radical (unpaired) electrons. The Balaban J connectivity index is 1.31. The van der Waals surface area contributed by atoms with Crippen molar-refractivity contribution >= 4 is 27.2 Å². The largest absolute Gasteiger partial charge is 0.382 e. The Labute approximate surface area is 248 Å². The number of carbonyl (C=O) groups is 1. The van der Waals surface area contributed by atoms with Gasteiger partial charge < -0.3 is 15.6 Å². The summed E-state index contributed by atoms with van der Waals surface area (Å²) in [6.07, 6.45) is 7.58. The molecule has 6 heterocycles. The van der Waals surface area contributed by atoms with Crippen LogP contribution in [0.5, 0.6) is 0 Å². The van der Waals surface area contributed by atoms with Gasteiger partial charge in [-0.2, -0.15) is 9.61 Å². The van der Waals surface area contributed by atoms with Gasteiger partial charge in [-0.25, -0.2) is 13.4 Å². The molecule has 0 spiro atoms. The number of benzene rings is 1. The van der Waals surface area contributed by atoms with Crippen molar-refractivity contribution in [2.24, 2.45) is 0 Å². The number of nitrogen functional groups attached to an aromatic ring is 1. The van der Waals surface area contributed by atoms with Gasteiger partial charge in [0.1, 0.15) is 17.0 Å². The van der Waals surface area contributed by atoms with Gasteiger partial charge in [-0.3, -0.25) is 9.78 Å². The smallest absolute Gasteiger partial charge is 0.292 e. The summed E-state index contributed by atoms with van der Waals surface area (Å²) in [5.74, 6) is -0.154. The number of hydrogen-bond acceptors (Lipinski definition) is 9. The second-order valence-electron chi connectivity index (χ2n) is 11.5. The van der Waals surface area contributed by atoms with Crippen LogP contribution in [-0.2, 0) is 9.84 Å². The number of H-pyrrole nitrogens is 1. The van der Waals surface area contributed by atoms with Gasteiger partial charge in [0.15, 0.2) is 15.5 Å². The minimum atomic E-state index is -3.81. The molecule has 2 fully saturated rings. The number of nitrogens with one attached hydrogen (secondary N) is 1. The highest BCUT2D eigenvalue weighted by atomic mass is 32.2. The van der Waals surface area contributed by atoms with Crippen molar-refractivity contribution in [2.75, 3.05) is 5.73 Å². The summed E-state index contributed by atoms with van der Waals surface area (Å²) in [6, 6.07) is 13.6. The molecule has 2 bridgehead atoms. The Morgan fingerprint density at radius 2 is 1.77 bits per heavy atom. The number of piperidine rings is 1. The number of nitrogens with two attached hydrogens (primary N) is 1. The summed E-state index contributed by atoms with van der Waals surface area (Å²) in [5, 5.41) is 11.4. The van der Waals surface area contributed by atoms with Crippen LogP contribution in [0.3, 0.4) is 0 Å². The molecule has 13 heteroatoms. The van der Waals surface area contributed by atoms with Crippen molar-refractivity contribution in [3.05, 3.63) is 72.7 Å². The lowest BCUT2D eigenvalue weighted by Crippen LogP contribution is -2.46. The number of hydrogen-bond donors (Lipinski definition) is 2. The Hall–Kier alpha value is -4.65. The van der Waals surface area contributed by atoms with Crippen molar-refractivity contribution in [3.63, 3.8) is 0 Å². The fourth-order valence-electron chi connectivity index (χ4n) is 6.52. The fraction of sp³-hybridized carbons (Fsp3) is 0.333. The van der Waals surface area contributed by atoms with E-state index in [1.54, 1.807) is 26.2 Å². The van der Waals surface area contributed by atoms with Gasteiger partial charge in [0.05, 0.1) is 22.8 Å². The number of aromatic nitrogens is 7. The van der Waals surface area contributed by atoms with Gasteiger partial charge in [0, 0.05) is 40.9 Å². The van der Waals surface area contributed by atoms with E-state index in [2.05, 4.69) is 25.3 Å². The predicted molar refractivity (Wildman–Crippen MR) is 160 cm³/mol. The van der Waals surface area contributed by atoms with Gasteiger partial charge in [0.25, 0.3) is 5.91 Å². The molecule has 2 aliphatic heterocycles. The molecular formula is C30H31N9O3S. The first-order valence-electron chi connectivity index (χ1n) is 14.4. The zero-order valence-corrected chi connectivity index (χ0v) is 24.6. The maximum Gasteiger partial charge on any atom is 0.292 e. The molecule has 2 atom stereocenters. The molecule has 43 heavy (non-hydrogen) atoms. The zero-order valence-electron chi connectivity index (χ0n) is 23.8. The lowest BCUT2D eigenvalue weighted by molar-refractivity contribution is 0.0556. The normalized spacial score (nSPS) is 20.3. The van der Waals surface area contributed by atoms with Gasteiger partial charge in [-0.15, -0.1) is 10.2 Å². The summed E-state index contributed by atoms with van der Waals surface area (Å²) >= 11 is 0. The summed E-state index contributed by atoms with van der Waals surface area (Å²) in [4.78, 5) is 27.6. The van der Waals surface area contributed by atoms with Crippen LogP contribution in [0.1, 0.15) is 61.8 Å². The standard InChI is InChI=1S/C30H31N9O3S/c1-17(2)43(41,42)26-25(20-12-21-9-10-22(13-20)38(21)30(40)28-33-16-34-37-28)36-29-23(15-35-39(29)27(26)31)19-8-11-24(32-14-19)18-6-4-3-5-7-18/h3-8,11,14-17,20-22H,9-10,12-13,31H2,1-2H3,(H,33,34,37). The van der Waals surface area contributed by atoms with Crippen molar-refractivity contribution in [3.8, 4) is 22.4 Å². The number of aromatic amines is 1. The lowest BCUT2D eigenvalue weighted by atomic mass is 9.87. The van der Waals surface area contributed by atoms with Crippen LogP contribution >= 0.6 is 0 Å². The maximum absolute atomic E-state index is 13.8. The number of fused-ring (bicyclic) bond motifs is 3. The van der Waals surface area contributed by atoms with E-state index in [4.69, 9.17) is 10.7 Å². The molecule has 1 aromatic carbocycles. The van der Waals surface area contributed by atoms with Crippen LogP contribution in [-0.4, -0.2) is 71.3 Å². The Morgan fingerprint density at radius 1 is 1.02 bits per heavy atom. The Morgan fingerprint density at radius 3 is 2.40 bits per heavy atom. The lowest BCUT2D eigenvalue weighted by Gasteiger charge is -2.38. The highest BCUT2D eigenvalue weighted by Crippen LogP contribution is 2.46. The van der Waals surface area contributed by atoms with E-state index in [1.807, 2.05) is 47.4 Å². The zero-order chi connectivity index (χ0) is 29.9. The summed E-state index contributed by atoms with van der Waals surface area (Å²) in [7, 11) is -3.81. The summed E-state index contributed by atoms with van der Waals surface area (Å²) < 4.78 is 28.9. The first-order chi connectivity index (χ1) is 20.7. The van der Waals surface area contributed by atoms with Gasteiger partial charge in [0.2, 0.25) is 5.82 Å². The second kappa shape index (κ2) is 10.3. The number of anilines is 1. The number of carbonyl (C=O) groups excluding carboxylic acids is 1. The molecule has 2 unspecified atom stereocenters. The van der Waals surface area contributed by atoms with Crippen LogP contribution < -0.4 is 5.73 Å². The Kier molecular flexibility index (Phi) is 6.49. The third-order valence-corrected chi connectivity index (χ3v) is 10.9. The molecule has 7 rings (SSSR count). The third-order valence-electron chi connectivity index (χ3n) is 8.69. The minimum Gasteiger partial charge on any atom is -0.382 e. The van der Waals surface area contributed by atoms with Crippen molar-refractivity contribution in [1.29, 1.82) is 0 Å². The topological polar surface area (TPSA) is 165 Å². The number of rotatable bonds is 6. The average molecular weight is 598 g/mol. The number of amides is 1. The van der Waals surface area contributed by atoms with Crippen LogP contribution in [0, 0.1) is 0 Å². The molecule has 1 amide bonds. The highest BCUT2D eigenvalue weighted by Gasteiger charge is 2.46. The SMILES string of the molecule is CC(C)S(=O)(=O)c1c(C2CC3CCC(C2)N3C(=O)c2nnc[nH]2)nc2c(-c3ccc(-c4ccccc4)nc3)cnn2c1N. The molecule has 0 saturated carbocycles. The van der Waals surface area contributed by atoms with Crippen LogP contribution in [0.25, 0.3) is 28.0 Å². The monoisotopic (exact) mass is 597 g/mol. The van der Waals surface area contributed by atoms with Gasteiger partial charge in [-0.1, -0.05) is 36.4 Å². The molecule has 0 aliphatic carbocycles. The predicted octanol–water partition coefficient (Wildman–Crippen LogP) is 3.89. The van der Waals surface area contributed by atoms with E-state index in [1.165, 1.54) is 10.8 Å². The Bertz CT molecular complexity index is 1910. The van der Waals surface area contributed by atoms with E-state index in [9.17, 15) is 13.2 Å². The molecule has 4 aromatic heterocycles. The fourth-order valence-corrected chi connectivity index (χ4v) is 7.88. The molecule has 3 N–H and O–H groups in total. The number of nitrogens with zero attached hydrogens (tertiary/aromatic N) is 7. The van der Waals surface area contributed by atoms with E-state index in [0.29, 0.717) is 29.7 Å². The quantitative estimate of drug-likeness (QED) is 0.295. The molecule has 220 valence electrons. The van der Waals surface area contributed by atoms with E-state index < -0.39 is 15.1 Å². The van der Waals surface area contributed by atoms with E-state index in [0.717, 1.165) is 29.7 Å². The van der Waals surface area contributed by atoms with Gasteiger partial charge >= 0.3 is 0 Å². The number of pyridine rings is 1. The minimum absolute atomic E-state index is 0.0293. The van der Waals surface area contributed by atoms with Gasteiger partial charge in [-0.05, 0) is 45.6 Å². The van der Waals surface area contributed by atoms with Crippen LogP contribution in [0.4, 0.5) is 5.82 Å². The maximum atomic E-state index is 13.8. The van der Waals surface area contributed by atoms with Crippen LogP contribution in [0.2, 0.25) is 0 Å². The molecular weight excluding hydrogens is 566 g/mol. The van der Waals surface area contributed by atoms with E-state index >= 15 is 0 Å². The third kappa shape index (κ3) is 4.46. The highest BCUT2D eigenvalue weighted by molar-refractivity contribution is 7.92. The molecule has 2 saturated heterocycles. The first kappa shape index (κ1) is 27.2. The first-order valence-corrected chi connectivity index (χ1v) is 15.9. The summed E-state index contributed by atoms with van der Waals surface area (Å²) in [6.45, 7) is 3.28. The molecule has 2 aliphatic rings.